The van der Waals surface area contributed by atoms with Gasteiger partial charge in [-0.2, -0.15) is 0 Å². The van der Waals surface area contributed by atoms with Crippen LogP contribution in [-0.4, -0.2) is 54.6 Å². The predicted molar refractivity (Wildman–Crippen MR) is 70.1 cm³/mol. The van der Waals surface area contributed by atoms with Crippen molar-refractivity contribution in [1.82, 2.24) is 9.80 Å². The topological polar surface area (TPSA) is 49.6 Å². The van der Waals surface area contributed by atoms with E-state index in [4.69, 9.17) is 5.73 Å². The second-order valence-corrected chi connectivity index (χ2v) is 5.47. The number of rotatable bonds is 4. The lowest BCUT2D eigenvalue weighted by molar-refractivity contribution is -0.134. The molecule has 1 amide bonds. The predicted octanol–water partition coefficient (Wildman–Crippen LogP) is 0.689. The van der Waals surface area contributed by atoms with Crippen LogP contribution < -0.4 is 5.73 Å². The first-order chi connectivity index (χ1) is 8.70. The van der Waals surface area contributed by atoms with Gasteiger partial charge in [-0.15, -0.1) is 11.3 Å². The van der Waals surface area contributed by atoms with E-state index in [1.165, 1.54) is 4.88 Å². The summed E-state index contributed by atoms with van der Waals surface area (Å²) in [4.78, 5) is 17.0. The number of amides is 1. The molecule has 1 aromatic rings. The number of alkyl halides is 1. The first-order valence-electron chi connectivity index (χ1n) is 6.06. The van der Waals surface area contributed by atoms with E-state index in [2.05, 4.69) is 16.3 Å². The molecule has 18 heavy (non-hydrogen) atoms. The largest absolute Gasteiger partial charge is 0.339 e. The van der Waals surface area contributed by atoms with Crippen molar-refractivity contribution in [2.75, 3.05) is 32.9 Å². The van der Waals surface area contributed by atoms with Gasteiger partial charge in [0.1, 0.15) is 12.7 Å². The summed E-state index contributed by atoms with van der Waals surface area (Å²) >= 11 is 1.74. The van der Waals surface area contributed by atoms with Gasteiger partial charge in [-0.05, 0) is 11.4 Å². The van der Waals surface area contributed by atoms with Crippen molar-refractivity contribution in [1.29, 1.82) is 0 Å². The van der Waals surface area contributed by atoms with Gasteiger partial charge in [0.15, 0.2) is 0 Å². The van der Waals surface area contributed by atoms with Gasteiger partial charge in [0, 0.05) is 37.6 Å². The summed E-state index contributed by atoms with van der Waals surface area (Å²) in [6.07, 6.45) is 0. The Labute approximate surface area is 110 Å². The molecule has 1 saturated heterocycles. The van der Waals surface area contributed by atoms with Crippen LogP contribution in [0.15, 0.2) is 17.5 Å². The van der Waals surface area contributed by atoms with Gasteiger partial charge >= 0.3 is 0 Å². The molecule has 1 unspecified atom stereocenters. The molecule has 0 aliphatic carbocycles. The zero-order valence-corrected chi connectivity index (χ0v) is 11.0. The molecule has 2 rings (SSSR count). The third-order valence-electron chi connectivity index (χ3n) is 3.13. The molecule has 2 N–H and O–H groups in total. The van der Waals surface area contributed by atoms with Crippen LogP contribution >= 0.6 is 11.3 Å². The monoisotopic (exact) mass is 271 g/mol. The Morgan fingerprint density at radius 2 is 2.17 bits per heavy atom. The van der Waals surface area contributed by atoms with E-state index in [9.17, 15) is 9.18 Å². The summed E-state index contributed by atoms with van der Waals surface area (Å²) in [5, 5.41) is 2.06. The highest BCUT2D eigenvalue weighted by atomic mass is 32.1. The van der Waals surface area contributed by atoms with Crippen LogP contribution in [0.5, 0.6) is 0 Å². The number of nitrogens with two attached hydrogens (primary N) is 1. The average Bonchev–Trinajstić information content (AvgIpc) is 2.91. The van der Waals surface area contributed by atoms with Crippen LogP contribution in [0.4, 0.5) is 4.39 Å². The Hall–Kier alpha value is -0.980. The standard InChI is InChI=1S/C12H18FN3OS/c13-8-11(14)12(17)16-5-3-15(4-6-16)9-10-2-1-7-18-10/h1-2,7,11H,3-6,8-9,14H2. The molecular formula is C12H18FN3OS. The third-order valence-corrected chi connectivity index (χ3v) is 3.99. The third kappa shape index (κ3) is 3.28. The van der Waals surface area contributed by atoms with Crippen LogP contribution in [0.3, 0.4) is 0 Å². The average molecular weight is 271 g/mol. The van der Waals surface area contributed by atoms with E-state index in [-0.39, 0.29) is 5.91 Å². The molecule has 1 atom stereocenters. The summed E-state index contributed by atoms with van der Waals surface area (Å²) in [6, 6.07) is 3.16. The lowest BCUT2D eigenvalue weighted by Gasteiger charge is -2.35. The molecular weight excluding hydrogens is 253 g/mol. The van der Waals surface area contributed by atoms with Crippen molar-refractivity contribution in [3.8, 4) is 0 Å². The first-order valence-corrected chi connectivity index (χ1v) is 6.93. The summed E-state index contributed by atoms with van der Waals surface area (Å²) in [6.45, 7) is 3.06. The van der Waals surface area contributed by atoms with E-state index >= 15 is 0 Å². The van der Waals surface area contributed by atoms with E-state index in [0.717, 1.165) is 19.6 Å². The minimum absolute atomic E-state index is 0.270. The fraction of sp³-hybridized carbons (Fsp3) is 0.583. The Bertz CT molecular complexity index is 377. The van der Waals surface area contributed by atoms with Gasteiger partial charge < -0.3 is 10.6 Å². The molecule has 0 bridgehead atoms. The molecule has 2 heterocycles. The fourth-order valence-corrected chi connectivity index (χ4v) is 2.80. The smallest absolute Gasteiger partial charge is 0.242 e. The summed E-state index contributed by atoms with van der Waals surface area (Å²) in [5.41, 5.74) is 5.41. The molecule has 1 aliphatic heterocycles. The van der Waals surface area contributed by atoms with E-state index in [0.29, 0.717) is 13.1 Å². The molecule has 4 nitrogen and oxygen atoms in total. The van der Waals surface area contributed by atoms with Gasteiger partial charge in [-0.3, -0.25) is 9.69 Å². The highest BCUT2D eigenvalue weighted by Gasteiger charge is 2.25. The summed E-state index contributed by atoms with van der Waals surface area (Å²) < 4.78 is 12.3. The number of hydrogen-bond donors (Lipinski definition) is 1. The number of hydrogen-bond acceptors (Lipinski definition) is 4. The molecule has 0 radical (unpaired) electrons. The minimum Gasteiger partial charge on any atom is -0.339 e. The van der Waals surface area contributed by atoms with Crippen LogP contribution in [-0.2, 0) is 11.3 Å². The van der Waals surface area contributed by atoms with Crippen molar-refractivity contribution in [3.05, 3.63) is 22.4 Å². The Balaban J connectivity index is 1.79. The van der Waals surface area contributed by atoms with E-state index < -0.39 is 12.7 Å². The number of carbonyl (C=O) groups is 1. The Morgan fingerprint density at radius 1 is 1.44 bits per heavy atom. The second-order valence-electron chi connectivity index (χ2n) is 4.44. The molecule has 0 spiro atoms. The van der Waals surface area contributed by atoms with E-state index in [1.807, 2.05) is 6.07 Å². The Morgan fingerprint density at radius 3 is 2.72 bits per heavy atom. The lowest BCUT2D eigenvalue weighted by Crippen LogP contribution is -2.53. The molecule has 100 valence electrons. The number of piperazine rings is 1. The molecule has 0 saturated carbocycles. The second kappa shape index (κ2) is 6.26. The van der Waals surface area contributed by atoms with Crippen molar-refractivity contribution < 1.29 is 9.18 Å². The highest BCUT2D eigenvalue weighted by molar-refractivity contribution is 7.09. The van der Waals surface area contributed by atoms with Crippen molar-refractivity contribution in [2.24, 2.45) is 5.73 Å². The quantitative estimate of drug-likeness (QED) is 0.876. The SMILES string of the molecule is NC(CF)C(=O)N1CCN(Cc2cccs2)CC1. The van der Waals surface area contributed by atoms with Gasteiger partial charge in [0.2, 0.25) is 5.91 Å². The maximum Gasteiger partial charge on any atom is 0.242 e. The van der Waals surface area contributed by atoms with Gasteiger partial charge in [-0.1, -0.05) is 6.07 Å². The zero-order chi connectivity index (χ0) is 13.0. The zero-order valence-electron chi connectivity index (χ0n) is 10.2. The van der Waals surface area contributed by atoms with Crippen molar-refractivity contribution in [2.45, 2.75) is 12.6 Å². The van der Waals surface area contributed by atoms with Gasteiger partial charge in [-0.25, -0.2) is 4.39 Å². The number of halogens is 1. The van der Waals surface area contributed by atoms with Gasteiger partial charge in [0.25, 0.3) is 0 Å². The molecule has 1 aromatic heterocycles. The van der Waals surface area contributed by atoms with Crippen LogP contribution in [0.2, 0.25) is 0 Å². The van der Waals surface area contributed by atoms with Crippen LogP contribution in [0.1, 0.15) is 4.88 Å². The number of nitrogens with zero attached hydrogens (tertiary/aromatic N) is 2. The normalized spacial score (nSPS) is 18.9. The fourth-order valence-electron chi connectivity index (χ4n) is 2.05. The lowest BCUT2D eigenvalue weighted by atomic mass is 10.2. The molecule has 1 aliphatic rings. The highest BCUT2D eigenvalue weighted by Crippen LogP contribution is 2.13. The maximum atomic E-state index is 12.3. The first kappa shape index (κ1) is 13.5. The summed E-state index contributed by atoms with van der Waals surface area (Å²) in [5.74, 6) is -0.270. The molecule has 6 heteroatoms. The Kier molecular flexibility index (Phi) is 4.68. The van der Waals surface area contributed by atoms with Crippen LogP contribution in [0.25, 0.3) is 0 Å². The van der Waals surface area contributed by atoms with Crippen molar-refractivity contribution >= 4 is 17.2 Å². The van der Waals surface area contributed by atoms with Crippen molar-refractivity contribution in [3.63, 3.8) is 0 Å². The maximum absolute atomic E-state index is 12.3. The number of carbonyl (C=O) groups excluding carboxylic acids is 1. The van der Waals surface area contributed by atoms with Gasteiger partial charge in [0.05, 0.1) is 0 Å². The summed E-state index contributed by atoms with van der Waals surface area (Å²) in [7, 11) is 0. The minimum atomic E-state index is -0.992. The molecule has 0 aromatic carbocycles. The van der Waals surface area contributed by atoms with E-state index in [1.54, 1.807) is 16.2 Å². The molecule has 1 fully saturated rings. The number of thiophene rings is 1. The van der Waals surface area contributed by atoms with Crippen LogP contribution in [0, 0.1) is 0 Å².